The number of carboxylic acid groups (broad SMARTS) is 1. The van der Waals surface area contributed by atoms with E-state index in [2.05, 4.69) is 26.0 Å². The van der Waals surface area contributed by atoms with E-state index >= 15 is 0 Å². The number of aliphatic carboxylic acids is 1. The second-order valence-corrected chi connectivity index (χ2v) is 7.11. The van der Waals surface area contributed by atoms with Gasteiger partial charge >= 0.3 is 5.97 Å². The van der Waals surface area contributed by atoms with E-state index in [-0.39, 0.29) is 65.7 Å². The van der Waals surface area contributed by atoms with Crippen LogP contribution >= 0.6 is 0 Å². The minimum absolute atomic E-state index is 0.0511. The number of carbonyl (C=O) groups is 2. The van der Waals surface area contributed by atoms with Crippen LogP contribution in [0.4, 0.5) is 28.4 Å². The van der Waals surface area contributed by atoms with E-state index in [0.717, 1.165) is 0 Å². The topological polar surface area (TPSA) is 213 Å². The van der Waals surface area contributed by atoms with Gasteiger partial charge in [0.15, 0.2) is 0 Å². The minimum atomic E-state index is -1.03. The molecule has 0 saturated heterocycles. The summed E-state index contributed by atoms with van der Waals surface area (Å²) in [6.45, 7) is 1.16. The molecule has 0 saturated carbocycles. The Hall–Kier alpha value is -4.76. The lowest BCUT2D eigenvalue weighted by Crippen LogP contribution is -2.29. The lowest BCUT2D eigenvalue weighted by atomic mass is 10.1. The van der Waals surface area contributed by atoms with Crippen molar-refractivity contribution in [2.75, 3.05) is 42.5 Å². The quantitative estimate of drug-likeness (QED) is 0.163. The Kier molecular flexibility index (Phi) is 10.1. The molecule has 5 N–H and O–H groups in total. The Bertz CT molecular complexity index is 1200. The number of rotatable bonds is 12. The van der Waals surface area contributed by atoms with E-state index in [1.165, 1.54) is 38.3 Å². The number of carboxylic acids is 1. The fourth-order valence-corrected chi connectivity index (χ4v) is 3.17. The highest BCUT2D eigenvalue weighted by molar-refractivity contribution is 5.94. The van der Waals surface area contributed by atoms with Crippen LogP contribution in [0.15, 0.2) is 34.5 Å². The average molecular weight is 497 g/mol. The lowest BCUT2D eigenvalue weighted by molar-refractivity contribution is -0.215. The van der Waals surface area contributed by atoms with Gasteiger partial charge in [0, 0.05) is 26.1 Å². The summed E-state index contributed by atoms with van der Waals surface area (Å²) in [4.78, 5) is 28.3. The zero-order valence-corrected chi connectivity index (χ0v) is 19.3. The normalized spacial score (nSPS) is 10.4. The average Bonchev–Trinajstić information content (AvgIpc) is 2.85. The molecule has 188 valence electrons. The van der Waals surface area contributed by atoms with E-state index in [0.29, 0.717) is 5.69 Å². The number of nitriles is 2. The molecule has 0 atom stereocenters. The van der Waals surface area contributed by atoms with Crippen LogP contribution < -0.4 is 20.4 Å². The Balaban J connectivity index is 2.63. The molecule has 14 heteroatoms. The maximum absolute atomic E-state index is 11.8. The first-order valence-electron chi connectivity index (χ1n) is 10.3. The number of methoxy groups -OCH3 is 1. The van der Waals surface area contributed by atoms with Gasteiger partial charge in [0.05, 0.1) is 48.3 Å². The first-order chi connectivity index (χ1) is 17.3. The van der Waals surface area contributed by atoms with Gasteiger partial charge < -0.3 is 25.2 Å². The molecular weight excluding hydrogens is 474 g/mol. The van der Waals surface area contributed by atoms with E-state index in [1.54, 1.807) is 4.90 Å². The fourth-order valence-electron chi connectivity index (χ4n) is 3.17. The van der Waals surface area contributed by atoms with E-state index in [4.69, 9.17) is 15.1 Å². The van der Waals surface area contributed by atoms with Crippen molar-refractivity contribution in [3.05, 3.63) is 35.4 Å². The molecule has 0 aliphatic heterocycles. The molecule has 0 aromatic heterocycles. The molecule has 0 heterocycles. The SMILES string of the molecule is COc1cc(N=Nc2c(C#N)cc(NOO)cc2C#N)c(NC(C)=O)cc1N(CCO)CCC(=O)O. The summed E-state index contributed by atoms with van der Waals surface area (Å²) < 4.78 is 5.43. The third kappa shape index (κ3) is 7.12. The van der Waals surface area contributed by atoms with Gasteiger partial charge in [0.25, 0.3) is 0 Å². The Labute approximate surface area is 205 Å². The first-order valence-corrected chi connectivity index (χ1v) is 10.3. The summed E-state index contributed by atoms with van der Waals surface area (Å²) in [6, 6.07) is 9.24. The van der Waals surface area contributed by atoms with Gasteiger partial charge in [0.1, 0.15) is 29.3 Å². The van der Waals surface area contributed by atoms with Gasteiger partial charge in [-0.1, -0.05) is 0 Å². The molecule has 0 aliphatic carbocycles. The molecule has 36 heavy (non-hydrogen) atoms. The van der Waals surface area contributed by atoms with Gasteiger partial charge in [-0.3, -0.25) is 9.59 Å². The summed E-state index contributed by atoms with van der Waals surface area (Å²) in [5.41, 5.74) is 2.75. The summed E-state index contributed by atoms with van der Waals surface area (Å²) in [5.74, 6) is -1.22. The number of nitrogens with one attached hydrogen (secondary N) is 2. The van der Waals surface area contributed by atoms with Crippen molar-refractivity contribution in [2.24, 2.45) is 10.2 Å². The van der Waals surface area contributed by atoms with E-state index in [1.807, 2.05) is 12.1 Å². The highest BCUT2D eigenvalue weighted by Gasteiger charge is 2.19. The van der Waals surface area contributed by atoms with Gasteiger partial charge in [0.2, 0.25) is 5.91 Å². The van der Waals surface area contributed by atoms with Crippen molar-refractivity contribution in [3.8, 4) is 17.9 Å². The Morgan fingerprint density at radius 1 is 1.11 bits per heavy atom. The number of aliphatic hydroxyl groups excluding tert-OH is 1. The molecule has 0 bridgehead atoms. The van der Waals surface area contributed by atoms with Crippen molar-refractivity contribution in [2.45, 2.75) is 13.3 Å². The number of anilines is 3. The first kappa shape index (κ1) is 27.5. The largest absolute Gasteiger partial charge is 0.494 e. The predicted molar refractivity (Wildman–Crippen MR) is 126 cm³/mol. The Morgan fingerprint density at radius 2 is 1.78 bits per heavy atom. The molecule has 2 rings (SSSR count). The molecular formula is C22H23N7O7. The number of ether oxygens (including phenoxy) is 1. The van der Waals surface area contributed by atoms with Gasteiger partial charge in [-0.15, -0.1) is 15.2 Å². The van der Waals surface area contributed by atoms with Crippen LogP contribution in [0.1, 0.15) is 24.5 Å². The molecule has 14 nitrogen and oxygen atoms in total. The number of azo groups is 1. The molecule has 0 spiro atoms. The fraction of sp³-hybridized carbons (Fsp3) is 0.273. The van der Waals surface area contributed by atoms with Crippen LogP contribution in [0.3, 0.4) is 0 Å². The molecule has 0 unspecified atom stereocenters. The van der Waals surface area contributed by atoms with Crippen molar-refractivity contribution in [3.63, 3.8) is 0 Å². The molecule has 2 aromatic carbocycles. The Morgan fingerprint density at radius 3 is 2.28 bits per heavy atom. The maximum atomic E-state index is 11.8. The lowest BCUT2D eigenvalue weighted by Gasteiger charge is -2.26. The van der Waals surface area contributed by atoms with Crippen LogP contribution in [0, 0.1) is 22.7 Å². The third-order valence-corrected chi connectivity index (χ3v) is 4.69. The molecule has 2 aromatic rings. The maximum Gasteiger partial charge on any atom is 0.305 e. The van der Waals surface area contributed by atoms with Crippen LogP contribution in [-0.4, -0.2) is 54.2 Å². The molecule has 0 aliphatic rings. The van der Waals surface area contributed by atoms with Crippen molar-refractivity contribution < 1.29 is 34.8 Å². The molecule has 0 radical (unpaired) electrons. The number of carbonyl (C=O) groups excluding carboxylic acids is 1. The van der Waals surface area contributed by atoms with Crippen molar-refractivity contribution in [1.29, 1.82) is 10.5 Å². The standard InChI is InChI=1S/C22H23N7O7/c1-13(31)25-17-9-19(29(5-6-30)4-3-21(32)33)20(35-2)10-18(17)26-27-22-14(11-23)7-16(28-36-34)8-15(22)12-24/h7-10,28,30,34H,3-6H2,1-2H3,(H,25,31)(H,32,33). The minimum Gasteiger partial charge on any atom is -0.494 e. The smallest absolute Gasteiger partial charge is 0.305 e. The number of hydrogen-bond donors (Lipinski definition) is 5. The number of aliphatic hydroxyl groups is 1. The van der Waals surface area contributed by atoms with Crippen LogP contribution in [0.2, 0.25) is 0 Å². The summed E-state index contributed by atoms with van der Waals surface area (Å²) in [5, 5.41) is 56.8. The third-order valence-electron chi connectivity index (χ3n) is 4.69. The summed E-state index contributed by atoms with van der Waals surface area (Å²) in [6.07, 6.45) is -0.208. The monoisotopic (exact) mass is 497 g/mol. The second-order valence-electron chi connectivity index (χ2n) is 7.11. The molecule has 1 amide bonds. The van der Waals surface area contributed by atoms with Crippen molar-refractivity contribution in [1.82, 2.24) is 0 Å². The van der Waals surface area contributed by atoms with Crippen LogP contribution in [0.25, 0.3) is 0 Å². The predicted octanol–water partition coefficient (Wildman–Crippen LogP) is 2.90. The number of hydrogen-bond acceptors (Lipinski definition) is 12. The van der Waals surface area contributed by atoms with Gasteiger partial charge in [-0.2, -0.15) is 10.5 Å². The number of amides is 1. The summed E-state index contributed by atoms with van der Waals surface area (Å²) in [7, 11) is 1.38. The zero-order valence-electron chi connectivity index (χ0n) is 19.3. The van der Waals surface area contributed by atoms with Crippen LogP contribution in [-0.2, 0) is 14.6 Å². The number of nitrogens with zero attached hydrogens (tertiary/aromatic N) is 5. The van der Waals surface area contributed by atoms with Gasteiger partial charge in [-0.05, 0) is 18.2 Å². The highest BCUT2D eigenvalue weighted by atomic mass is 17.2. The second kappa shape index (κ2) is 13.2. The van der Waals surface area contributed by atoms with Crippen LogP contribution in [0.5, 0.6) is 5.75 Å². The van der Waals surface area contributed by atoms with E-state index < -0.39 is 11.9 Å². The number of benzene rings is 2. The van der Waals surface area contributed by atoms with Gasteiger partial charge in [-0.25, -0.2) is 10.7 Å². The molecule has 0 fully saturated rings. The van der Waals surface area contributed by atoms with Crippen molar-refractivity contribution >= 4 is 40.3 Å². The zero-order chi connectivity index (χ0) is 26.7. The summed E-state index contributed by atoms with van der Waals surface area (Å²) >= 11 is 0. The highest BCUT2D eigenvalue weighted by Crippen LogP contribution is 2.40. The van der Waals surface area contributed by atoms with E-state index in [9.17, 15) is 25.2 Å².